The van der Waals surface area contributed by atoms with Gasteiger partial charge in [0.2, 0.25) is 0 Å². The Morgan fingerprint density at radius 2 is 2.04 bits per heavy atom. The number of halogens is 1. The van der Waals surface area contributed by atoms with Crippen LogP contribution in [-0.4, -0.2) is 48.8 Å². The maximum absolute atomic E-state index is 12.3. The van der Waals surface area contributed by atoms with Crippen LogP contribution in [0.25, 0.3) is 0 Å². The number of aliphatic hydroxyl groups excluding tert-OH is 1. The van der Waals surface area contributed by atoms with Crippen molar-refractivity contribution in [3.05, 3.63) is 40.5 Å². The first-order chi connectivity index (χ1) is 13.4. The van der Waals surface area contributed by atoms with Crippen LogP contribution >= 0.6 is 31.0 Å². The second-order valence-corrected chi connectivity index (χ2v) is 9.16. The average molecular weight is 448 g/mol. The van der Waals surface area contributed by atoms with E-state index in [1.54, 1.807) is 19.2 Å². The number of hydrogen-bond donors (Lipinski definition) is 2. The van der Waals surface area contributed by atoms with E-state index in [4.69, 9.17) is 25.4 Å². The van der Waals surface area contributed by atoms with Gasteiger partial charge in [-0.1, -0.05) is 29.4 Å². The molecule has 0 aliphatic carbocycles. The van der Waals surface area contributed by atoms with E-state index >= 15 is 0 Å². The fraction of sp³-hybridized carbons (Fsp3) is 0.412. The van der Waals surface area contributed by atoms with Crippen LogP contribution in [0.4, 0.5) is 5.82 Å². The maximum Gasteiger partial charge on any atom is 0.333 e. The van der Waals surface area contributed by atoms with Gasteiger partial charge in [0.25, 0.3) is 0 Å². The minimum atomic E-state index is -3.40. The topological polar surface area (TPSA) is 103 Å². The first kappa shape index (κ1) is 22.9. The Morgan fingerprint density at radius 1 is 1.32 bits per heavy atom. The van der Waals surface area contributed by atoms with Crippen LogP contribution in [0.3, 0.4) is 0 Å². The molecule has 0 fully saturated rings. The quantitative estimate of drug-likeness (QED) is 0.318. The molecule has 1 aromatic heterocycles. The van der Waals surface area contributed by atoms with Gasteiger partial charge in [0.05, 0.1) is 24.4 Å². The van der Waals surface area contributed by atoms with E-state index in [-0.39, 0.29) is 6.16 Å². The minimum Gasteiger partial charge on any atom is -0.495 e. The molecule has 1 heterocycles. The number of benzene rings is 1. The Morgan fingerprint density at radius 3 is 2.61 bits per heavy atom. The van der Waals surface area contributed by atoms with E-state index in [1.165, 1.54) is 32.2 Å². The highest BCUT2D eigenvalue weighted by Gasteiger charge is 2.28. The number of nitrogens with zero attached hydrogens (tertiary/aromatic N) is 2. The summed E-state index contributed by atoms with van der Waals surface area (Å²) in [6.07, 6.45) is 2.00. The third-order valence-electron chi connectivity index (χ3n) is 3.97. The largest absolute Gasteiger partial charge is 0.495 e. The number of aromatic nitrogens is 2. The molecule has 0 radical (unpaired) electrons. The molecule has 11 heteroatoms. The van der Waals surface area contributed by atoms with E-state index in [9.17, 15) is 9.67 Å². The third kappa shape index (κ3) is 5.83. The number of rotatable bonds is 10. The third-order valence-corrected chi connectivity index (χ3v) is 6.73. The molecule has 8 nitrogen and oxygen atoms in total. The molecular formula is C17H23ClN3O5PS. The zero-order chi connectivity index (χ0) is 20.7. The van der Waals surface area contributed by atoms with Crippen LogP contribution in [0.2, 0.25) is 5.02 Å². The standard InChI is InChI=1S/C17H23ClN3O5PS/c1-24-15-6-5-11(7-13(15)18)8-19-16-12(9-20-17(21-16)28-4)14(22)10-27(23,25-2)26-3/h5-7,9,14,22H,8,10H2,1-4H3,(H,19,20,21). The fourth-order valence-electron chi connectivity index (χ4n) is 2.40. The molecule has 154 valence electrons. The predicted molar refractivity (Wildman–Crippen MR) is 111 cm³/mol. The van der Waals surface area contributed by atoms with Gasteiger partial charge in [0.1, 0.15) is 11.6 Å². The SMILES string of the molecule is COc1ccc(CNc2nc(SC)ncc2C(O)CP(=O)(OC)OC)cc1Cl. The van der Waals surface area contributed by atoms with Gasteiger partial charge in [-0.15, -0.1) is 0 Å². The normalized spacial score (nSPS) is 12.6. The van der Waals surface area contributed by atoms with E-state index in [0.717, 1.165) is 5.56 Å². The number of nitrogens with one attached hydrogen (secondary N) is 1. The lowest BCUT2D eigenvalue weighted by atomic mass is 10.2. The number of methoxy groups -OCH3 is 1. The highest BCUT2D eigenvalue weighted by molar-refractivity contribution is 7.98. The van der Waals surface area contributed by atoms with Crippen molar-refractivity contribution in [2.45, 2.75) is 17.8 Å². The lowest BCUT2D eigenvalue weighted by Gasteiger charge is -2.20. The monoisotopic (exact) mass is 447 g/mol. The van der Waals surface area contributed by atoms with E-state index < -0.39 is 13.7 Å². The lowest BCUT2D eigenvalue weighted by Crippen LogP contribution is -2.13. The summed E-state index contributed by atoms with van der Waals surface area (Å²) in [7, 11) is 0.697. The van der Waals surface area contributed by atoms with Gasteiger partial charge in [0.15, 0.2) is 5.16 Å². The lowest BCUT2D eigenvalue weighted by molar-refractivity contribution is 0.183. The Bertz CT molecular complexity index is 850. The van der Waals surface area contributed by atoms with Gasteiger partial charge in [-0.05, 0) is 24.0 Å². The number of ether oxygens (including phenoxy) is 1. The number of aliphatic hydroxyl groups is 1. The van der Waals surface area contributed by atoms with Crippen molar-refractivity contribution in [1.82, 2.24) is 9.97 Å². The molecule has 1 atom stereocenters. The molecule has 2 aromatic rings. The summed E-state index contributed by atoms with van der Waals surface area (Å²) in [6.45, 7) is 0.403. The van der Waals surface area contributed by atoms with Crippen molar-refractivity contribution in [3.8, 4) is 5.75 Å². The Labute approximate surface area is 173 Å². The molecule has 0 bridgehead atoms. The Kier molecular flexibility index (Phi) is 8.55. The van der Waals surface area contributed by atoms with Gasteiger partial charge in [0, 0.05) is 32.5 Å². The second kappa shape index (κ2) is 10.4. The summed E-state index contributed by atoms with van der Waals surface area (Å²) >= 11 is 7.53. The number of hydrogen-bond acceptors (Lipinski definition) is 9. The van der Waals surface area contributed by atoms with Crippen molar-refractivity contribution in [3.63, 3.8) is 0 Å². The molecule has 0 saturated heterocycles. The van der Waals surface area contributed by atoms with E-state index in [0.29, 0.717) is 33.9 Å². The van der Waals surface area contributed by atoms with Gasteiger partial charge in [-0.2, -0.15) is 0 Å². The smallest absolute Gasteiger partial charge is 0.333 e. The molecular weight excluding hydrogens is 425 g/mol. The van der Waals surface area contributed by atoms with Crippen LogP contribution in [-0.2, 0) is 20.2 Å². The zero-order valence-corrected chi connectivity index (χ0v) is 18.5. The molecule has 2 N–H and O–H groups in total. The van der Waals surface area contributed by atoms with E-state index in [2.05, 4.69) is 15.3 Å². The summed E-state index contributed by atoms with van der Waals surface area (Å²) < 4.78 is 27.3. The van der Waals surface area contributed by atoms with Crippen molar-refractivity contribution in [2.24, 2.45) is 0 Å². The molecule has 0 aliphatic heterocycles. The van der Waals surface area contributed by atoms with Crippen molar-refractivity contribution >= 4 is 36.8 Å². The van der Waals surface area contributed by atoms with Gasteiger partial charge >= 0.3 is 7.60 Å². The van der Waals surface area contributed by atoms with Crippen molar-refractivity contribution in [2.75, 3.05) is 39.1 Å². The van der Waals surface area contributed by atoms with Gasteiger partial charge in [-0.3, -0.25) is 4.57 Å². The van der Waals surface area contributed by atoms with Crippen LogP contribution in [0.15, 0.2) is 29.6 Å². The van der Waals surface area contributed by atoms with Crippen LogP contribution in [0.5, 0.6) is 5.75 Å². The molecule has 1 unspecified atom stereocenters. The maximum atomic E-state index is 12.3. The summed E-state index contributed by atoms with van der Waals surface area (Å²) in [5.41, 5.74) is 1.29. The van der Waals surface area contributed by atoms with Crippen molar-refractivity contribution < 1.29 is 23.5 Å². The highest BCUT2D eigenvalue weighted by atomic mass is 35.5. The first-order valence-electron chi connectivity index (χ1n) is 8.21. The molecule has 0 aliphatic rings. The summed E-state index contributed by atoms with van der Waals surface area (Å²) in [4.78, 5) is 8.61. The first-order valence-corrected chi connectivity index (χ1v) is 11.5. The molecule has 28 heavy (non-hydrogen) atoms. The van der Waals surface area contributed by atoms with Crippen LogP contribution in [0.1, 0.15) is 17.2 Å². The molecule has 0 spiro atoms. The predicted octanol–water partition coefficient (Wildman–Crippen LogP) is 3.99. The van der Waals surface area contributed by atoms with Crippen LogP contribution < -0.4 is 10.1 Å². The summed E-state index contributed by atoms with van der Waals surface area (Å²) in [6, 6.07) is 5.43. The van der Waals surface area contributed by atoms with Gasteiger partial charge in [-0.25, -0.2) is 9.97 Å². The van der Waals surface area contributed by atoms with Crippen LogP contribution in [0, 0.1) is 0 Å². The summed E-state index contributed by atoms with van der Waals surface area (Å²) in [5, 5.41) is 14.8. The fourth-order valence-corrected chi connectivity index (χ4v) is 4.09. The number of anilines is 1. The van der Waals surface area contributed by atoms with E-state index in [1.807, 2.05) is 12.3 Å². The Hall–Kier alpha value is -1.35. The Balaban J connectivity index is 2.24. The molecule has 0 amide bonds. The minimum absolute atomic E-state index is 0.217. The second-order valence-electron chi connectivity index (χ2n) is 5.66. The zero-order valence-electron chi connectivity index (χ0n) is 16.0. The average Bonchev–Trinajstić information content (AvgIpc) is 2.71. The molecule has 2 rings (SSSR count). The summed E-state index contributed by atoms with van der Waals surface area (Å²) in [5.74, 6) is 1.01. The molecule has 0 saturated carbocycles. The van der Waals surface area contributed by atoms with Gasteiger partial charge < -0.3 is 24.2 Å². The highest BCUT2D eigenvalue weighted by Crippen LogP contribution is 2.49. The molecule has 1 aromatic carbocycles. The number of thioether (sulfide) groups is 1. The van der Waals surface area contributed by atoms with Crippen molar-refractivity contribution in [1.29, 1.82) is 0 Å².